The fourth-order valence-electron chi connectivity index (χ4n) is 1.80. The lowest BCUT2D eigenvalue weighted by Crippen LogP contribution is -2.26. The van der Waals surface area contributed by atoms with E-state index < -0.39 is 0 Å². The van der Waals surface area contributed by atoms with Gasteiger partial charge in [0.05, 0.1) is 18.7 Å². The quantitative estimate of drug-likeness (QED) is 0.700. The summed E-state index contributed by atoms with van der Waals surface area (Å²) in [4.78, 5) is 21.4. The average molecular weight is 233 g/mol. The van der Waals surface area contributed by atoms with Gasteiger partial charge in [-0.25, -0.2) is 14.7 Å². The number of hydrogen-bond acceptors (Lipinski definition) is 5. The van der Waals surface area contributed by atoms with E-state index in [0.717, 1.165) is 6.42 Å². The molecule has 7 heteroatoms. The maximum absolute atomic E-state index is 12.0. The summed E-state index contributed by atoms with van der Waals surface area (Å²) in [6, 6.07) is 1.68. The summed E-state index contributed by atoms with van der Waals surface area (Å²) < 4.78 is 1.57. The highest BCUT2D eigenvalue weighted by Crippen LogP contribution is 2.14. The molecule has 0 aromatic carbocycles. The van der Waals surface area contributed by atoms with E-state index in [4.69, 9.17) is 4.84 Å². The lowest BCUT2D eigenvalue weighted by atomic mass is 10.2. The third-order valence-electron chi connectivity index (χ3n) is 2.67. The van der Waals surface area contributed by atoms with Crippen LogP contribution in [-0.4, -0.2) is 44.1 Å². The molecule has 3 heterocycles. The van der Waals surface area contributed by atoms with Gasteiger partial charge in [0.2, 0.25) is 0 Å². The molecule has 7 nitrogen and oxygen atoms in total. The Balaban J connectivity index is 1.97. The number of carbonyl (C=O) groups is 1. The van der Waals surface area contributed by atoms with Gasteiger partial charge in [-0.05, 0) is 12.5 Å². The van der Waals surface area contributed by atoms with Crippen LogP contribution < -0.4 is 0 Å². The molecule has 1 saturated heterocycles. The van der Waals surface area contributed by atoms with Gasteiger partial charge in [-0.2, -0.15) is 0 Å². The van der Waals surface area contributed by atoms with Gasteiger partial charge in [0.1, 0.15) is 5.52 Å². The molecule has 2 aromatic rings. The highest BCUT2D eigenvalue weighted by Gasteiger charge is 2.21. The van der Waals surface area contributed by atoms with E-state index in [1.54, 1.807) is 17.8 Å². The van der Waals surface area contributed by atoms with Gasteiger partial charge in [0.15, 0.2) is 5.65 Å². The van der Waals surface area contributed by atoms with Crippen molar-refractivity contribution in [3.05, 3.63) is 17.8 Å². The number of fused-ring (bicyclic) bond motifs is 1. The van der Waals surface area contributed by atoms with Crippen LogP contribution in [0.5, 0.6) is 0 Å². The standard InChI is InChI=1S/C10H11N5O2/c1-14-9-8(12-13-14)5-7(6-11-9)10(16)15-3-2-4-17-15/h5-6H,2-4H2,1H3. The molecule has 17 heavy (non-hydrogen) atoms. The van der Waals surface area contributed by atoms with Crippen LogP contribution in [0.25, 0.3) is 11.2 Å². The van der Waals surface area contributed by atoms with Crippen molar-refractivity contribution in [3.63, 3.8) is 0 Å². The predicted octanol–water partition coefficient (Wildman–Crippen LogP) is 0.141. The van der Waals surface area contributed by atoms with Crippen LogP contribution in [0, 0.1) is 0 Å². The van der Waals surface area contributed by atoms with E-state index in [9.17, 15) is 4.79 Å². The highest BCUT2D eigenvalue weighted by atomic mass is 16.7. The zero-order valence-corrected chi connectivity index (χ0v) is 9.33. The molecule has 1 aliphatic rings. The van der Waals surface area contributed by atoms with Crippen molar-refractivity contribution in [1.82, 2.24) is 25.0 Å². The molecule has 0 aliphatic carbocycles. The van der Waals surface area contributed by atoms with Crippen LogP contribution in [0.4, 0.5) is 0 Å². The zero-order valence-electron chi connectivity index (χ0n) is 9.33. The summed E-state index contributed by atoms with van der Waals surface area (Å²) >= 11 is 0. The summed E-state index contributed by atoms with van der Waals surface area (Å²) in [7, 11) is 1.76. The van der Waals surface area contributed by atoms with E-state index in [2.05, 4.69) is 15.3 Å². The van der Waals surface area contributed by atoms with Crippen LogP contribution >= 0.6 is 0 Å². The Labute approximate surface area is 96.9 Å². The molecule has 0 radical (unpaired) electrons. The minimum Gasteiger partial charge on any atom is -0.271 e. The molecule has 1 fully saturated rings. The van der Waals surface area contributed by atoms with E-state index in [-0.39, 0.29) is 5.91 Å². The Morgan fingerprint density at radius 1 is 1.53 bits per heavy atom. The van der Waals surface area contributed by atoms with E-state index >= 15 is 0 Å². The Kier molecular flexibility index (Phi) is 2.25. The van der Waals surface area contributed by atoms with E-state index in [1.807, 2.05) is 0 Å². The average Bonchev–Trinajstić information content (AvgIpc) is 2.98. The molecular formula is C10H11N5O2. The van der Waals surface area contributed by atoms with Crippen molar-refractivity contribution in [2.24, 2.45) is 7.05 Å². The lowest BCUT2D eigenvalue weighted by molar-refractivity contribution is -0.0768. The Morgan fingerprint density at radius 3 is 3.18 bits per heavy atom. The van der Waals surface area contributed by atoms with Gasteiger partial charge in [-0.3, -0.25) is 9.63 Å². The van der Waals surface area contributed by atoms with Gasteiger partial charge < -0.3 is 0 Å². The minimum atomic E-state index is -0.178. The monoisotopic (exact) mass is 233 g/mol. The maximum atomic E-state index is 12.0. The fraction of sp³-hybridized carbons (Fsp3) is 0.400. The number of hydroxylamine groups is 2. The molecule has 1 aliphatic heterocycles. The largest absolute Gasteiger partial charge is 0.279 e. The molecule has 1 amide bonds. The Bertz CT molecular complexity index is 573. The molecule has 0 unspecified atom stereocenters. The Hall–Kier alpha value is -2.02. The van der Waals surface area contributed by atoms with Crippen LogP contribution in [-0.2, 0) is 11.9 Å². The first kappa shape index (κ1) is 10.2. The molecule has 0 spiro atoms. The first-order valence-corrected chi connectivity index (χ1v) is 5.36. The number of amides is 1. The summed E-state index contributed by atoms with van der Waals surface area (Å²) in [6.07, 6.45) is 2.39. The van der Waals surface area contributed by atoms with Crippen molar-refractivity contribution in [2.75, 3.05) is 13.2 Å². The second kappa shape index (κ2) is 3.77. The molecular weight excluding hydrogens is 222 g/mol. The zero-order chi connectivity index (χ0) is 11.8. The van der Waals surface area contributed by atoms with Gasteiger partial charge >= 0.3 is 0 Å². The molecule has 0 N–H and O–H groups in total. The first-order valence-electron chi connectivity index (χ1n) is 5.36. The number of carbonyl (C=O) groups excluding carboxylic acids is 1. The number of aryl methyl sites for hydroxylation is 1. The second-order valence-electron chi connectivity index (χ2n) is 3.87. The summed E-state index contributed by atoms with van der Waals surface area (Å²) in [6.45, 7) is 1.21. The highest BCUT2D eigenvalue weighted by molar-refractivity contribution is 5.95. The normalized spacial score (nSPS) is 15.7. The van der Waals surface area contributed by atoms with Crippen LogP contribution in [0.2, 0.25) is 0 Å². The van der Waals surface area contributed by atoms with Crippen molar-refractivity contribution in [2.45, 2.75) is 6.42 Å². The minimum absolute atomic E-state index is 0.178. The van der Waals surface area contributed by atoms with Crippen molar-refractivity contribution in [3.8, 4) is 0 Å². The molecule has 3 rings (SSSR count). The van der Waals surface area contributed by atoms with E-state index in [0.29, 0.717) is 29.9 Å². The van der Waals surface area contributed by atoms with Crippen molar-refractivity contribution >= 4 is 17.1 Å². The topological polar surface area (TPSA) is 73.1 Å². The SMILES string of the molecule is Cn1nnc2cc(C(=O)N3CCCO3)cnc21. The third-order valence-corrected chi connectivity index (χ3v) is 2.67. The fourth-order valence-corrected chi connectivity index (χ4v) is 1.80. The maximum Gasteiger partial charge on any atom is 0.279 e. The van der Waals surface area contributed by atoms with Crippen LogP contribution in [0.1, 0.15) is 16.8 Å². The van der Waals surface area contributed by atoms with Gasteiger partial charge in [0, 0.05) is 13.2 Å². The number of aromatic nitrogens is 4. The first-order chi connectivity index (χ1) is 8.25. The van der Waals surface area contributed by atoms with Gasteiger partial charge in [-0.15, -0.1) is 5.10 Å². The number of hydrogen-bond donors (Lipinski definition) is 0. The summed E-state index contributed by atoms with van der Waals surface area (Å²) in [5, 5.41) is 9.13. The number of nitrogens with zero attached hydrogens (tertiary/aromatic N) is 5. The van der Waals surface area contributed by atoms with Gasteiger partial charge in [-0.1, -0.05) is 5.21 Å². The van der Waals surface area contributed by atoms with Crippen molar-refractivity contribution < 1.29 is 9.63 Å². The van der Waals surface area contributed by atoms with Crippen LogP contribution in [0.3, 0.4) is 0 Å². The smallest absolute Gasteiger partial charge is 0.271 e. The number of rotatable bonds is 1. The second-order valence-corrected chi connectivity index (χ2v) is 3.87. The molecule has 0 saturated carbocycles. The van der Waals surface area contributed by atoms with Crippen molar-refractivity contribution in [1.29, 1.82) is 0 Å². The lowest BCUT2D eigenvalue weighted by Gasteiger charge is -2.13. The Morgan fingerprint density at radius 2 is 2.41 bits per heavy atom. The molecule has 0 bridgehead atoms. The van der Waals surface area contributed by atoms with Gasteiger partial charge in [0.25, 0.3) is 5.91 Å². The van der Waals surface area contributed by atoms with Crippen LogP contribution in [0.15, 0.2) is 12.3 Å². The third kappa shape index (κ3) is 1.64. The molecule has 0 atom stereocenters. The molecule has 2 aromatic heterocycles. The molecule has 88 valence electrons. The summed E-state index contributed by atoms with van der Waals surface area (Å²) in [5.41, 5.74) is 1.74. The summed E-state index contributed by atoms with van der Waals surface area (Å²) in [5.74, 6) is -0.178. The van der Waals surface area contributed by atoms with E-state index in [1.165, 1.54) is 11.3 Å². The number of pyridine rings is 1. The predicted molar refractivity (Wildman–Crippen MR) is 57.9 cm³/mol.